The van der Waals surface area contributed by atoms with Crippen molar-refractivity contribution in [2.75, 3.05) is 13.1 Å². The van der Waals surface area contributed by atoms with Crippen LogP contribution in [0.1, 0.15) is 11.4 Å². The van der Waals surface area contributed by atoms with Gasteiger partial charge in [-0.25, -0.2) is 9.37 Å². The van der Waals surface area contributed by atoms with E-state index in [1.165, 1.54) is 12.1 Å². The average Bonchev–Trinajstić information content (AvgIpc) is 2.77. The van der Waals surface area contributed by atoms with Crippen molar-refractivity contribution < 1.29 is 4.39 Å². The summed E-state index contributed by atoms with van der Waals surface area (Å²) in [6.45, 7) is 4.74. The largest absolute Gasteiger partial charge is 0.334 e. The third-order valence-electron chi connectivity index (χ3n) is 2.96. The second-order valence-electron chi connectivity index (χ2n) is 4.29. The quantitative estimate of drug-likeness (QED) is 0.793. The van der Waals surface area contributed by atoms with Crippen molar-refractivity contribution in [1.29, 1.82) is 0 Å². The Morgan fingerprint density at radius 3 is 2.67 bits per heavy atom. The predicted molar refractivity (Wildman–Crippen MR) is 69.9 cm³/mol. The second kappa shape index (κ2) is 6.31. The van der Waals surface area contributed by atoms with Crippen molar-refractivity contribution in [3.63, 3.8) is 0 Å². The SMILES string of the molecule is Cc1nccn1CCNCCc1ccc(F)cc1. The van der Waals surface area contributed by atoms with Crippen molar-refractivity contribution >= 4 is 0 Å². The van der Waals surface area contributed by atoms with Crippen molar-refractivity contribution in [3.8, 4) is 0 Å². The number of aromatic nitrogens is 2. The van der Waals surface area contributed by atoms with E-state index in [2.05, 4.69) is 14.9 Å². The van der Waals surface area contributed by atoms with E-state index >= 15 is 0 Å². The molecule has 0 amide bonds. The molecule has 0 spiro atoms. The van der Waals surface area contributed by atoms with Gasteiger partial charge in [-0.1, -0.05) is 12.1 Å². The lowest BCUT2D eigenvalue weighted by atomic mass is 10.1. The highest BCUT2D eigenvalue weighted by Gasteiger charge is 1.96. The van der Waals surface area contributed by atoms with E-state index in [1.807, 2.05) is 31.5 Å². The molecule has 18 heavy (non-hydrogen) atoms. The maximum Gasteiger partial charge on any atom is 0.123 e. The summed E-state index contributed by atoms with van der Waals surface area (Å²) < 4.78 is 14.8. The first kappa shape index (κ1) is 12.8. The van der Waals surface area contributed by atoms with Crippen LogP contribution in [-0.4, -0.2) is 22.6 Å². The molecule has 1 heterocycles. The number of benzene rings is 1. The first-order valence-electron chi connectivity index (χ1n) is 6.18. The van der Waals surface area contributed by atoms with E-state index in [0.717, 1.165) is 37.4 Å². The maximum atomic E-state index is 12.7. The van der Waals surface area contributed by atoms with Crippen molar-refractivity contribution in [2.45, 2.75) is 19.9 Å². The molecule has 2 rings (SSSR count). The van der Waals surface area contributed by atoms with Crippen LogP contribution in [0.25, 0.3) is 0 Å². The zero-order valence-corrected chi connectivity index (χ0v) is 10.6. The van der Waals surface area contributed by atoms with Gasteiger partial charge in [0.2, 0.25) is 0 Å². The zero-order valence-electron chi connectivity index (χ0n) is 10.6. The van der Waals surface area contributed by atoms with Gasteiger partial charge in [0.25, 0.3) is 0 Å². The normalized spacial score (nSPS) is 10.8. The van der Waals surface area contributed by atoms with Gasteiger partial charge in [0.1, 0.15) is 11.6 Å². The van der Waals surface area contributed by atoms with Crippen molar-refractivity contribution in [1.82, 2.24) is 14.9 Å². The molecule has 0 radical (unpaired) electrons. The third kappa shape index (κ3) is 3.67. The summed E-state index contributed by atoms with van der Waals surface area (Å²) in [5, 5.41) is 3.37. The lowest BCUT2D eigenvalue weighted by molar-refractivity contribution is 0.588. The summed E-state index contributed by atoms with van der Waals surface area (Å²) in [4.78, 5) is 4.17. The Bertz CT molecular complexity index is 476. The Labute approximate surface area is 107 Å². The topological polar surface area (TPSA) is 29.9 Å². The van der Waals surface area contributed by atoms with Gasteiger partial charge in [-0.05, 0) is 37.6 Å². The fraction of sp³-hybridized carbons (Fsp3) is 0.357. The number of imidazole rings is 1. The van der Waals surface area contributed by atoms with E-state index in [1.54, 1.807) is 0 Å². The first-order chi connectivity index (χ1) is 8.75. The highest BCUT2D eigenvalue weighted by Crippen LogP contribution is 2.02. The number of rotatable bonds is 6. The predicted octanol–water partition coefficient (Wildman–Crippen LogP) is 2.16. The van der Waals surface area contributed by atoms with E-state index in [0.29, 0.717) is 0 Å². The minimum absolute atomic E-state index is 0.178. The highest BCUT2D eigenvalue weighted by molar-refractivity contribution is 5.16. The smallest absolute Gasteiger partial charge is 0.123 e. The number of halogens is 1. The van der Waals surface area contributed by atoms with Crippen LogP contribution in [0.15, 0.2) is 36.7 Å². The lowest BCUT2D eigenvalue weighted by Gasteiger charge is -2.07. The van der Waals surface area contributed by atoms with Gasteiger partial charge >= 0.3 is 0 Å². The van der Waals surface area contributed by atoms with E-state index < -0.39 is 0 Å². The number of nitrogens with zero attached hydrogens (tertiary/aromatic N) is 2. The Hall–Kier alpha value is -1.68. The van der Waals surface area contributed by atoms with Crippen molar-refractivity contribution in [2.24, 2.45) is 0 Å². The van der Waals surface area contributed by atoms with Gasteiger partial charge in [-0.3, -0.25) is 0 Å². The molecular formula is C14H18FN3. The van der Waals surface area contributed by atoms with Gasteiger partial charge in [0.05, 0.1) is 0 Å². The molecule has 0 aliphatic rings. The maximum absolute atomic E-state index is 12.7. The molecule has 0 aliphatic carbocycles. The second-order valence-corrected chi connectivity index (χ2v) is 4.29. The van der Waals surface area contributed by atoms with E-state index in [9.17, 15) is 4.39 Å². The number of aryl methyl sites for hydroxylation is 1. The molecule has 1 N–H and O–H groups in total. The summed E-state index contributed by atoms with van der Waals surface area (Å²) in [6, 6.07) is 6.67. The van der Waals surface area contributed by atoms with Gasteiger partial charge in [0, 0.05) is 25.5 Å². The van der Waals surface area contributed by atoms with Crippen LogP contribution in [-0.2, 0) is 13.0 Å². The summed E-state index contributed by atoms with van der Waals surface area (Å²) >= 11 is 0. The summed E-state index contributed by atoms with van der Waals surface area (Å²) in [6.07, 6.45) is 4.72. The molecule has 96 valence electrons. The van der Waals surface area contributed by atoms with Crippen LogP contribution in [0.3, 0.4) is 0 Å². The Balaban J connectivity index is 1.64. The highest BCUT2D eigenvalue weighted by atomic mass is 19.1. The van der Waals surface area contributed by atoms with Gasteiger partial charge < -0.3 is 9.88 Å². The fourth-order valence-electron chi connectivity index (χ4n) is 1.85. The van der Waals surface area contributed by atoms with Gasteiger partial charge in [-0.2, -0.15) is 0 Å². The Morgan fingerprint density at radius 2 is 2.00 bits per heavy atom. The minimum Gasteiger partial charge on any atom is -0.334 e. The van der Waals surface area contributed by atoms with Gasteiger partial charge in [0.15, 0.2) is 0 Å². The van der Waals surface area contributed by atoms with Crippen molar-refractivity contribution in [3.05, 3.63) is 53.9 Å². The molecular weight excluding hydrogens is 229 g/mol. The van der Waals surface area contributed by atoms with Crippen LogP contribution in [0.2, 0.25) is 0 Å². The van der Waals surface area contributed by atoms with Crippen LogP contribution in [0, 0.1) is 12.7 Å². The van der Waals surface area contributed by atoms with Crippen LogP contribution in [0.5, 0.6) is 0 Å². The third-order valence-corrected chi connectivity index (χ3v) is 2.96. The molecule has 0 fully saturated rings. The molecule has 0 unspecified atom stereocenters. The molecule has 0 aliphatic heterocycles. The van der Waals surface area contributed by atoms with E-state index in [4.69, 9.17) is 0 Å². The Morgan fingerprint density at radius 1 is 1.22 bits per heavy atom. The molecule has 0 saturated heterocycles. The van der Waals surface area contributed by atoms with E-state index in [-0.39, 0.29) is 5.82 Å². The minimum atomic E-state index is -0.178. The molecule has 0 bridgehead atoms. The Kier molecular flexibility index (Phi) is 4.47. The molecule has 1 aromatic carbocycles. The fourth-order valence-corrected chi connectivity index (χ4v) is 1.85. The number of hydrogen-bond acceptors (Lipinski definition) is 2. The number of nitrogens with one attached hydrogen (secondary N) is 1. The average molecular weight is 247 g/mol. The van der Waals surface area contributed by atoms with Crippen LogP contribution < -0.4 is 5.32 Å². The molecule has 1 aromatic heterocycles. The monoisotopic (exact) mass is 247 g/mol. The standard InChI is InChI=1S/C14H18FN3/c1-12-17-9-11-18(12)10-8-16-7-6-13-2-4-14(15)5-3-13/h2-5,9,11,16H,6-8,10H2,1H3. The molecule has 2 aromatic rings. The summed E-state index contributed by atoms with van der Waals surface area (Å²) in [5.41, 5.74) is 1.16. The summed E-state index contributed by atoms with van der Waals surface area (Å²) in [5.74, 6) is 0.859. The molecule has 0 saturated carbocycles. The number of hydrogen-bond donors (Lipinski definition) is 1. The first-order valence-corrected chi connectivity index (χ1v) is 6.18. The molecule has 4 heteroatoms. The van der Waals surface area contributed by atoms with Gasteiger partial charge in [-0.15, -0.1) is 0 Å². The van der Waals surface area contributed by atoms with Crippen LogP contribution >= 0.6 is 0 Å². The molecule has 0 atom stereocenters. The summed E-state index contributed by atoms with van der Waals surface area (Å²) in [7, 11) is 0. The molecule has 3 nitrogen and oxygen atoms in total. The zero-order chi connectivity index (χ0) is 12.8. The lowest BCUT2D eigenvalue weighted by Crippen LogP contribution is -2.22. The van der Waals surface area contributed by atoms with Crippen LogP contribution in [0.4, 0.5) is 4.39 Å².